The molecule has 3 amide bonds. The number of hydrogen-bond donors (Lipinski definition) is 1. The fourth-order valence-electron chi connectivity index (χ4n) is 2.89. The fourth-order valence-corrected chi connectivity index (χ4v) is 3.71. The van der Waals surface area contributed by atoms with E-state index in [9.17, 15) is 19.2 Å². The van der Waals surface area contributed by atoms with Crippen molar-refractivity contribution in [3.8, 4) is 0 Å². The summed E-state index contributed by atoms with van der Waals surface area (Å²) in [6.07, 6.45) is 3.46. The van der Waals surface area contributed by atoms with Gasteiger partial charge in [-0.1, -0.05) is 0 Å². The second-order valence-electron chi connectivity index (χ2n) is 6.37. The van der Waals surface area contributed by atoms with Gasteiger partial charge in [-0.05, 0) is 54.2 Å². The molecule has 29 heavy (non-hydrogen) atoms. The Kier molecular flexibility index (Phi) is 4.81. The van der Waals surface area contributed by atoms with Crippen LogP contribution in [-0.4, -0.2) is 33.1 Å². The lowest BCUT2D eigenvalue weighted by molar-refractivity contribution is -0.127. The van der Waals surface area contributed by atoms with Gasteiger partial charge in [-0.3, -0.25) is 19.3 Å². The molecule has 2 aromatic heterocycles. The van der Waals surface area contributed by atoms with Crippen molar-refractivity contribution in [1.82, 2.24) is 9.47 Å². The first kappa shape index (κ1) is 18.8. The molecule has 0 atom stereocenters. The Morgan fingerprint density at radius 3 is 2.76 bits per heavy atom. The quantitative estimate of drug-likeness (QED) is 0.525. The number of hydrogen-bond acceptors (Lipinski definition) is 6. The topological polar surface area (TPSA) is 102 Å². The number of rotatable bonds is 4. The minimum Gasteiger partial charge on any atom is -0.423 e. The summed E-state index contributed by atoms with van der Waals surface area (Å²) in [5, 5.41) is 2.79. The lowest BCUT2D eigenvalue weighted by Gasteiger charge is -2.12. The maximum atomic E-state index is 12.5. The van der Waals surface area contributed by atoms with Crippen molar-refractivity contribution >= 4 is 51.5 Å². The number of nitrogens with one attached hydrogen (secondary N) is 1. The molecule has 9 heteroatoms. The van der Waals surface area contributed by atoms with Crippen LogP contribution in [0.1, 0.15) is 5.69 Å². The van der Waals surface area contributed by atoms with Crippen molar-refractivity contribution in [2.45, 2.75) is 0 Å². The van der Waals surface area contributed by atoms with Crippen molar-refractivity contribution in [1.29, 1.82) is 0 Å². The Labute approximate surface area is 168 Å². The molecule has 146 valence electrons. The molecule has 1 aliphatic rings. The van der Waals surface area contributed by atoms with Gasteiger partial charge in [-0.2, -0.15) is 0 Å². The zero-order chi connectivity index (χ0) is 20.5. The van der Waals surface area contributed by atoms with Crippen molar-refractivity contribution in [2.24, 2.45) is 7.05 Å². The van der Waals surface area contributed by atoms with Crippen LogP contribution in [0.3, 0.4) is 0 Å². The molecule has 8 nitrogen and oxygen atoms in total. The maximum Gasteiger partial charge on any atom is 0.336 e. The normalized spacial score (nSPS) is 15.5. The van der Waals surface area contributed by atoms with Crippen LogP contribution in [0, 0.1) is 0 Å². The van der Waals surface area contributed by atoms with E-state index in [-0.39, 0.29) is 4.91 Å². The first-order valence-electron chi connectivity index (χ1n) is 8.61. The third kappa shape index (κ3) is 3.85. The number of imide groups is 1. The smallest absolute Gasteiger partial charge is 0.336 e. The van der Waals surface area contributed by atoms with Gasteiger partial charge in [-0.15, -0.1) is 0 Å². The van der Waals surface area contributed by atoms with Gasteiger partial charge in [0.15, 0.2) is 0 Å². The summed E-state index contributed by atoms with van der Waals surface area (Å²) >= 11 is 0.803. The average Bonchev–Trinajstić information content (AvgIpc) is 3.20. The molecule has 1 aromatic carbocycles. The number of thioether (sulfide) groups is 1. The van der Waals surface area contributed by atoms with E-state index in [1.165, 1.54) is 6.07 Å². The second kappa shape index (κ2) is 7.44. The predicted molar refractivity (Wildman–Crippen MR) is 109 cm³/mol. The van der Waals surface area contributed by atoms with Crippen LogP contribution in [0.15, 0.2) is 62.8 Å². The summed E-state index contributed by atoms with van der Waals surface area (Å²) in [7, 11) is 1.83. The van der Waals surface area contributed by atoms with Gasteiger partial charge in [0.1, 0.15) is 12.1 Å². The van der Waals surface area contributed by atoms with E-state index in [1.54, 1.807) is 30.3 Å². The van der Waals surface area contributed by atoms with Gasteiger partial charge in [-0.25, -0.2) is 4.79 Å². The molecule has 0 bridgehead atoms. The predicted octanol–water partition coefficient (Wildman–Crippen LogP) is 2.81. The van der Waals surface area contributed by atoms with E-state index in [1.807, 2.05) is 29.9 Å². The summed E-state index contributed by atoms with van der Waals surface area (Å²) in [5.41, 5.74) is 1.18. The van der Waals surface area contributed by atoms with E-state index in [2.05, 4.69) is 5.32 Å². The zero-order valence-corrected chi connectivity index (χ0v) is 16.1. The van der Waals surface area contributed by atoms with Crippen LogP contribution in [0.5, 0.6) is 0 Å². The Hall–Kier alpha value is -3.59. The number of aryl methyl sites for hydroxylation is 1. The second-order valence-corrected chi connectivity index (χ2v) is 7.36. The molecule has 0 radical (unpaired) electrons. The summed E-state index contributed by atoms with van der Waals surface area (Å²) in [5.74, 6) is -1.01. The van der Waals surface area contributed by atoms with Gasteiger partial charge in [0.05, 0.1) is 4.91 Å². The number of carbonyl (C=O) groups excluding carboxylic acids is 3. The number of carbonyl (C=O) groups is 3. The molecule has 0 saturated carbocycles. The van der Waals surface area contributed by atoms with Crippen LogP contribution in [0.25, 0.3) is 17.0 Å². The minimum atomic E-state index is -0.510. The monoisotopic (exact) mass is 409 g/mol. The Balaban J connectivity index is 1.47. The Bertz CT molecular complexity index is 1240. The van der Waals surface area contributed by atoms with Crippen LogP contribution >= 0.6 is 11.8 Å². The molecule has 1 fully saturated rings. The number of anilines is 1. The summed E-state index contributed by atoms with van der Waals surface area (Å²) in [4.78, 5) is 49.5. The standard InChI is InChI=1S/C20H15N3O5S/c1-22-8-2-3-14(22)10-16-19(26)23(20(27)29-16)11-17(24)21-13-5-6-15-12(9-13)4-7-18(25)28-15/h2-10H,11H2,1H3,(H,21,24). The van der Waals surface area contributed by atoms with Gasteiger partial charge in [0.2, 0.25) is 5.91 Å². The first-order valence-corrected chi connectivity index (χ1v) is 9.43. The molecule has 3 aromatic rings. The van der Waals surface area contributed by atoms with Gasteiger partial charge < -0.3 is 14.3 Å². The Morgan fingerprint density at radius 2 is 2.00 bits per heavy atom. The summed E-state index contributed by atoms with van der Waals surface area (Å²) in [6, 6.07) is 11.3. The van der Waals surface area contributed by atoms with E-state index in [0.717, 1.165) is 22.4 Å². The molecule has 0 unspecified atom stereocenters. The molecular weight excluding hydrogens is 394 g/mol. The van der Waals surface area contributed by atoms with E-state index >= 15 is 0 Å². The molecule has 1 N–H and O–H groups in total. The lowest BCUT2D eigenvalue weighted by Crippen LogP contribution is -2.36. The summed E-state index contributed by atoms with van der Waals surface area (Å²) in [6.45, 7) is -0.392. The number of aromatic nitrogens is 1. The van der Waals surface area contributed by atoms with Crippen LogP contribution < -0.4 is 10.9 Å². The molecule has 1 aliphatic heterocycles. The first-order chi connectivity index (χ1) is 13.9. The van der Waals surface area contributed by atoms with E-state index < -0.39 is 29.2 Å². The van der Waals surface area contributed by atoms with Crippen LogP contribution in [-0.2, 0) is 16.6 Å². The molecule has 3 heterocycles. The fraction of sp³-hybridized carbons (Fsp3) is 0.100. The SMILES string of the molecule is Cn1cccc1C=C1SC(=O)N(CC(=O)Nc2ccc3oc(=O)ccc3c2)C1=O. The van der Waals surface area contributed by atoms with Gasteiger partial charge in [0.25, 0.3) is 11.1 Å². The van der Waals surface area contributed by atoms with Crippen LogP contribution in [0.2, 0.25) is 0 Å². The third-order valence-electron chi connectivity index (χ3n) is 4.34. The number of benzene rings is 1. The molecular formula is C20H15N3O5S. The maximum absolute atomic E-state index is 12.5. The van der Waals surface area contributed by atoms with E-state index in [0.29, 0.717) is 16.7 Å². The molecule has 0 aliphatic carbocycles. The number of amides is 3. The molecule has 1 saturated heterocycles. The van der Waals surface area contributed by atoms with Crippen molar-refractivity contribution in [3.63, 3.8) is 0 Å². The highest BCUT2D eigenvalue weighted by Crippen LogP contribution is 2.32. The molecule has 0 spiro atoms. The number of nitrogens with zero attached hydrogens (tertiary/aromatic N) is 2. The lowest BCUT2D eigenvalue weighted by atomic mass is 10.2. The molecule has 4 rings (SSSR count). The highest BCUT2D eigenvalue weighted by atomic mass is 32.2. The zero-order valence-electron chi connectivity index (χ0n) is 15.2. The minimum absolute atomic E-state index is 0.269. The van der Waals surface area contributed by atoms with E-state index in [4.69, 9.17) is 4.42 Å². The Morgan fingerprint density at radius 1 is 1.17 bits per heavy atom. The van der Waals surface area contributed by atoms with Gasteiger partial charge >= 0.3 is 5.63 Å². The average molecular weight is 409 g/mol. The van der Waals surface area contributed by atoms with Crippen molar-refractivity contribution in [2.75, 3.05) is 11.9 Å². The highest BCUT2D eigenvalue weighted by molar-refractivity contribution is 8.18. The summed E-state index contributed by atoms with van der Waals surface area (Å²) < 4.78 is 6.87. The largest absolute Gasteiger partial charge is 0.423 e. The highest BCUT2D eigenvalue weighted by Gasteiger charge is 2.36. The third-order valence-corrected chi connectivity index (χ3v) is 5.25. The van der Waals surface area contributed by atoms with Crippen molar-refractivity contribution in [3.05, 3.63) is 69.7 Å². The van der Waals surface area contributed by atoms with Crippen molar-refractivity contribution < 1.29 is 18.8 Å². The van der Waals surface area contributed by atoms with Gasteiger partial charge in [0, 0.05) is 36.1 Å². The van der Waals surface area contributed by atoms with Crippen LogP contribution in [0.4, 0.5) is 10.5 Å². The number of fused-ring (bicyclic) bond motifs is 1.